The Morgan fingerprint density at radius 1 is 1.12 bits per heavy atom. The molecule has 0 aromatic rings. The summed E-state index contributed by atoms with van der Waals surface area (Å²) in [7, 11) is 0. The summed E-state index contributed by atoms with van der Waals surface area (Å²) in [5.74, 6) is -0.765. The molecule has 0 unspecified atom stereocenters. The van der Waals surface area contributed by atoms with Gasteiger partial charge < -0.3 is 10.2 Å². The van der Waals surface area contributed by atoms with E-state index < -0.39 is 5.91 Å². The SMILES string of the molecule is CCCCN(CCCC)C(=O)C(=O)NC1CC1. The van der Waals surface area contributed by atoms with Crippen LogP contribution in [0.5, 0.6) is 0 Å². The van der Waals surface area contributed by atoms with Crippen LogP contribution in [-0.4, -0.2) is 35.8 Å². The topological polar surface area (TPSA) is 49.4 Å². The summed E-state index contributed by atoms with van der Waals surface area (Å²) in [6, 6.07) is 0.255. The molecule has 1 N–H and O–H groups in total. The molecule has 0 saturated heterocycles. The molecule has 98 valence electrons. The molecule has 1 aliphatic rings. The Labute approximate surface area is 104 Å². The van der Waals surface area contributed by atoms with Crippen LogP contribution < -0.4 is 5.32 Å². The van der Waals surface area contributed by atoms with Gasteiger partial charge in [0.05, 0.1) is 0 Å². The first-order chi connectivity index (χ1) is 8.19. The molecule has 1 saturated carbocycles. The largest absolute Gasteiger partial charge is 0.345 e. The summed E-state index contributed by atoms with van der Waals surface area (Å²) < 4.78 is 0. The highest BCUT2D eigenvalue weighted by molar-refractivity contribution is 6.35. The third-order valence-corrected chi connectivity index (χ3v) is 2.96. The van der Waals surface area contributed by atoms with Crippen LogP contribution in [0.4, 0.5) is 0 Å². The predicted molar refractivity (Wildman–Crippen MR) is 67.6 cm³/mol. The minimum atomic E-state index is -0.417. The highest BCUT2D eigenvalue weighted by Gasteiger charge is 2.28. The summed E-state index contributed by atoms with van der Waals surface area (Å²) in [6.45, 7) is 5.58. The molecule has 1 fully saturated rings. The van der Waals surface area contributed by atoms with E-state index in [2.05, 4.69) is 19.2 Å². The van der Waals surface area contributed by atoms with E-state index >= 15 is 0 Å². The van der Waals surface area contributed by atoms with Crippen molar-refractivity contribution in [2.24, 2.45) is 0 Å². The lowest BCUT2D eigenvalue weighted by Gasteiger charge is -2.21. The van der Waals surface area contributed by atoms with Crippen molar-refractivity contribution in [2.75, 3.05) is 13.1 Å². The summed E-state index contributed by atoms with van der Waals surface area (Å²) in [5, 5.41) is 2.76. The van der Waals surface area contributed by atoms with Gasteiger partial charge in [-0.2, -0.15) is 0 Å². The monoisotopic (exact) mass is 240 g/mol. The first kappa shape index (κ1) is 14.0. The average Bonchev–Trinajstić information content (AvgIpc) is 3.12. The van der Waals surface area contributed by atoms with E-state index in [-0.39, 0.29) is 11.9 Å². The minimum Gasteiger partial charge on any atom is -0.345 e. The van der Waals surface area contributed by atoms with Crippen LogP contribution in [0.2, 0.25) is 0 Å². The van der Waals surface area contributed by atoms with Crippen molar-refractivity contribution in [1.29, 1.82) is 0 Å². The Balaban J connectivity index is 2.40. The zero-order valence-electron chi connectivity index (χ0n) is 11.0. The lowest BCUT2D eigenvalue weighted by atomic mass is 10.2. The van der Waals surface area contributed by atoms with E-state index in [4.69, 9.17) is 0 Å². The third kappa shape index (κ3) is 5.20. The van der Waals surface area contributed by atoms with E-state index in [0.717, 1.165) is 38.5 Å². The zero-order chi connectivity index (χ0) is 12.7. The number of hydrogen-bond donors (Lipinski definition) is 1. The maximum absolute atomic E-state index is 11.9. The van der Waals surface area contributed by atoms with Crippen molar-refractivity contribution in [3.8, 4) is 0 Å². The molecule has 1 aliphatic carbocycles. The van der Waals surface area contributed by atoms with Crippen LogP contribution in [0.1, 0.15) is 52.4 Å². The van der Waals surface area contributed by atoms with Crippen LogP contribution in [0.15, 0.2) is 0 Å². The standard InChI is InChI=1S/C13H24N2O2/c1-3-5-9-15(10-6-4-2)13(17)12(16)14-11-7-8-11/h11H,3-10H2,1-2H3,(H,14,16). The highest BCUT2D eigenvalue weighted by Crippen LogP contribution is 2.18. The fraction of sp³-hybridized carbons (Fsp3) is 0.846. The third-order valence-electron chi connectivity index (χ3n) is 2.96. The fourth-order valence-corrected chi connectivity index (χ4v) is 1.63. The summed E-state index contributed by atoms with van der Waals surface area (Å²) in [4.78, 5) is 25.3. The number of nitrogens with zero attached hydrogens (tertiary/aromatic N) is 1. The number of amides is 2. The number of unbranched alkanes of at least 4 members (excludes halogenated alkanes) is 2. The summed E-state index contributed by atoms with van der Waals surface area (Å²) >= 11 is 0. The Morgan fingerprint density at radius 2 is 1.65 bits per heavy atom. The van der Waals surface area contributed by atoms with Gasteiger partial charge in [-0.3, -0.25) is 9.59 Å². The van der Waals surface area contributed by atoms with Crippen LogP contribution in [-0.2, 0) is 9.59 Å². The lowest BCUT2D eigenvalue weighted by Crippen LogP contribution is -2.44. The Morgan fingerprint density at radius 3 is 2.06 bits per heavy atom. The maximum Gasteiger partial charge on any atom is 0.311 e. The molecular weight excluding hydrogens is 216 g/mol. The van der Waals surface area contributed by atoms with Gasteiger partial charge in [0.2, 0.25) is 0 Å². The molecular formula is C13H24N2O2. The zero-order valence-corrected chi connectivity index (χ0v) is 11.0. The van der Waals surface area contributed by atoms with E-state index in [9.17, 15) is 9.59 Å². The van der Waals surface area contributed by atoms with Crippen molar-refractivity contribution in [3.63, 3.8) is 0 Å². The minimum absolute atomic E-state index is 0.255. The molecule has 0 aromatic heterocycles. The summed E-state index contributed by atoms with van der Waals surface area (Å²) in [5.41, 5.74) is 0. The molecule has 4 nitrogen and oxygen atoms in total. The second kappa shape index (κ2) is 7.30. The van der Waals surface area contributed by atoms with Crippen molar-refractivity contribution >= 4 is 11.8 Å². The second-order valence-electron chi connectivity index (χ2n) is 4.75. The molecule has 17 heavy (non-hydrogen) atoms. The second-order valence-corrected chi connectivity index (χ2v) is 4.75. The van der Waals surface area contributed by atoms with Crippen molar-refractivity contribution in [2.45, 2.75) is 58.4 Å². The predicted octanol–water partition coefficient (Wildman–Crippen LogP) is 1.69. The molecule has 0 aromatic carbocycles. The Kier molecular flexibility index (Phi) is 6.01. The van der Waals surface area contributed by atoms with Crippen LogP contribution in [0.3, 0.4) is 0 Å². The molecule has 0 atom stereocenters. The Hall–Kier alpha value is -1.06. The van der Waals surface area contributed by atoms with Crippen LogP contribution in [0.25, 0.3) is 0 Å². The van der Waals surface area contributed by atoms with Crippen LogP contribution >= 0.6 is 0 Å². The number of nitrogens with one attached hydrogen (secondary N) is 1. The molecule has 1 rings (SSSR count). The molecule has 0 spiro atoms. The van der Waals surface area contributed by atoms with E-state index in [0.29, 0.717) is 13.1 Å². The van der Waals surface area contributed by atoms with Gasteiger partial charge in [0.1, 0.15) is 0 Å². The van der Waals surface area contributed by atoms with Gasteiger partial charge in [0.15, 0.2) is 0 Å². The van der Waals surface area contributed by atoms with Gasteiger partial charge in [0.25, 0.3) is 0 Å². The average molecular weight is 240 g/mol. The van der Waals surface area contributed by atoms with E-state index in [1.54, 1.807) is 4.90 Å². The molecule has 4 heteroatoms. The quantitative estimate of drug-likeness (QED) is 0.688. The smallest absolute Gasteiger partial charge is 0.311 e. The number of carbonyl (C=O) groups excluding carboxylic acids is 2. The normalized spacial score (nSPS) is 14.5. The Bertz CT molecular complexity index is 254. The highest BCUT2D eigenvalue weighted by atomic mass is 16.2. The van der Waals surface area contributed by atoms with Gasteiger partial charge in [-0.15, -0.1) is 0 Å². The molecule has 0 bridgehead atoms. The lowest BCUT2D eigenvalue weighted by molar-refractivity contribution is -0.146. The van der Waals surface area contributed by atoms with Crippen molar-refractivity contribution in [3.05, 3.63) is 0 Å². The summed E-state index contributed by atoms with van der Waals surface area (Å²) in [6.07, 6.45) is 6.05. The van der Waals surface area contributed by atoms with Gasteiger partial charge in [-0.1, -0.05) is 26.7 Å². The van der Waals surface area contributed by atoms with Crippen molar-refractivity contribution in [1.82, 2.24) is 10.2 Å². The molecule has 2 amide bonds. The van der Waals surface area contributed by atoms with Gasteiger partial charge >= 0.3 is 11.8 Å². The number of rotatable bonds is 7. The first-order valence-electron chi connectivity index (χ1n) is 6.78. The van der Waals surface area contributed by atoms with Gasteiger partial charge in [-0.25, -0.2) is 0 Å². The maximum atomic E-state index is 11.9. The number of hydrogen-bond acceptors (Lipinski definition) is 2. The first-order valence-corrected chi connectivity index (χ1v) is 6.78. The molecule has 0 radical (unpaired) electrons. The number of carbonyl (C=O) groups is 2. The van der Waals surface area contributed by atoms with Crippen molar-refractivity contribution < 1.29 is 9.59 Å². The van der Waals surface area contributed by atoms with Gasteiger partial charge in [-0.05, 0) is 25.7 Å². The van der Waals surface area contributed by atoms with E-state index in [1.165, 1.54) is 0 Å². The van der Waals surface area contributed by atoms with Crippen LogP contribution in [0, 0.1) is 0 Å². The molecule has 0 aliphatic heterocycles. The van der Waals surface area contributed by atoms with Gasteiger partial charge in [0, 0.05) is 19.1 Å². The fourth-order valence-electron chi connectivity index (χ4n) is 1.63. The van der Waals surface area contributed by atoms with E-state index in [1.807, 2.05) is 0 Å². The molecule has 0 heterocycles.